The van der Waals surface area contributed by atoms with Gasteiger partial charge in [0.05, 0.1) is 4.91 Å². The molecule has 1 aliphatic heterocycles. The zero-order chi connectivity index (χ0) is 13.1. The minimum absolute atomic E-state index is 0.158. The van der Waals surface area contributed by atoms with E-state index in [-0.39, 0.29) is 11.1 Å². The molecule has 100 valence electrons. The Morgan fingerprint density at radius 3 is 2.61 bits per heavy atom. The van der Waals surface area contributed by atoms with Gasteiger partial charge in [0.2, 0.25) is 0 Å². The first-order chi connectivity index (χ1) is 8.61. The first-order valence-electron chi connectivity index (χ1n) is 6.57. The molecule has 2 N–H and O–H groups in total. The van der Waals surface area contributed by atoms with Crippen LogP contribution in [-0.2, 0) is 4.79 Å². The first kappa shape index (κ1) is 13.6. The topological polar surface area (TPSA) is 63.4 Å². The van der Waals surface area contributed by atoms with Gasteiger partial charge in [-0.25, -0.2) is 0 Å². The van der Waals surface area contributed by atoms with Crippen LogP contribution in [0.2, 0.25) is 0 Å². The summed E-state index contributed by atoms with van der Waals surface area (Å²) in [5.74, 6) is 1.09. The highest BCUT2D eigenvalue weighted by molar-refractivity contribution is 8.18. The molecule has 0 unspecified atom stereocenters. The van der Waals surface area contributed by atoms with E-state index in [1.807, 2.05) is 6.08 Å². The average molecular weight is 268 g/mol. The Hall–Kier alpha value is -0.810. The van der Waals surface area contributed by atoms with E-state index in [2.05, 4.69) is 6.92 Å². The van der Waals surface area contributed by atoms with Crippen molar-refractivity contribution in [3.05, 3.63) is 11.0 Å². The number of nitrogens with two attached hydrogens (primary N) is 1. The molecule has 0 spiro atoms. The van der Waals surface area contributed by atoms with Crippen LogP contribution in [0.1, 0.15) is 32.6 Å². The molecule has 5 heteroatoms. The SMILES string of the molecule is CC1CCC(/C=C2\SC(=O)N(CCN)C2=O)CC1. The van der Waals surface area contributed by atoms with Crippen molar-refractivity contribution in [2.24, 2.45) is 17.6 Å². The lowest BCUT2D eigenvalue weighted by Gasteiger charge is -2.23. The monoisotopic (exact) mass is 268 g/mol. The molecule has 2 amide bonds. The van der Waals surface area contributed by atoms with Gasteiger partial charge in [0.15, 0.2) is 0 Å². The molecule has 4 nitrogen and oxygen atoms in total. The quantitative estimate of drug-likeness (QED) is 0.798. The molecule has 2 aliphatic rings. The van der Waals surface area contributed by atoms with Gasteiger partial charge in [-0.05, 0) is 36.4 Å². The number of nitrogens with zero attached hydrogens (tertiary/aromatic N) is 1. The summed E-state index contributed by atoms with van der Waals surface area (Å²) in [6.45, 7) is 2.92. The van der Waals surface area contributed by atoms with E-state index in [0.717, 1.165) is 30.5 Å². The molecular formula is C13H20N2O2S. The van der Waals surface area contributed by atoms with E-state index >= 15 is 0 Å². The number of hydrogen-bond acceptors (Lipinski definition) is 4. The number of carbonyl (C=O) groups is 2. The Bertz CT molecular complexity index is 373. The van der Waals surface area contributed by atoms with Crippen LogP contribution < -0.4 is 5.73 Å². The van der Waals surface area contributed by atoms with Crippen molar-refractivity contribution in [2.75, 3.05) is 13.1 Å². The van der Waals surface area contributed by atoms with Crippen molar-refractivity contribution >= 4 is 22.9 Å². The molecule has 2 fully saturated rings. The van der Waals surface area contributed by atoms with Gasteiger partial charge < -0.3 is 5.73 Å². The zero-order valence-electron chi connectivity index (χ0n) is 10.7. The third kappa shape index (κ3) is 2.95. The van der Waals surface area contributed by atoms with Crippen LogP contribution in [0.15, 0.2) is 11.0 Å². The lowest BCUT2D eigenvalue weighted by atomic mass is 9.83. The number of rotatable bonds is 3. The van der Waals surface area contributed by atoms with Crippen molar-refractivity contribution in [1.82, 2.24) is 4.90 Å². The summed E-state index contributed by atoms with van der Waals surface area (Å²) in [5.41, 5.74) is 5.40. The summed E-state index contributed by atoms with van der Waals surface area (Å²) in [7, 11) is 0. The smallest absolute Gasteiger partial charge is 0.293 e. The van der Waals surface area contributed by atoms with Crippen LogP contribution in [-0.4, -0.2) is 29.1 Å². The number of thioether (sulfide) groups is 1. The van der Waals surface area contributed by atoms with Crippen molar-refractivity contribution in [2.45, 2.75) is 32.6 Å². The molecular weight excluding hydrogens is 248 g/mol. The Labute approximate surface area is 112 Å². The number of carbonyl (C=O) groups excluding carboxylic acids is 2. The highest BCUT2D eigenvalue weighted by Crippen LogP contribution is 2.35. The van der Waals surface area contributed by atoms with Gasteiger partial charge in [0.1, 0.15) is 0 Å². The summed E-state index contributed by atoms with van der Waals surface area (Å²) in [5, 5.41) is -0.180. The Balaban J connectivity index is 2.01. The summed E-state index contributed by atoms with van der Waals surface area (Å²) in [4.78, 5) is 25.5. The fourth-order valence-electron chi connectivity index (χ4n) is 2.50. The zero-order valence-corrected chi connectivity index (χ0v) is 11.5. The maximum atomic E-state index is 12.0. The van der Waals surface area contributed by atoms with Gasteiger partial charge in [0, 0.05) is 13.1 Å². The number of imide groups is 1. The first-order valence-corrected chi connectivity index (χ1v) is 7.39. The van der Waals surface area contributed by atoms with Gasteiger partial charge in [-0.2, -0.15) is 0 Å². The Morgan fingerprint density at radius 1 is 1.33 bits per heavy atom. The van der Waals surface area contributed by atoms with Crippen LogP contribution in [0.25, 0.3) is 0 Å². The van der Waals surface area contributed by atoms with Crippen molar-refractivity contribution < 1.29 is 9.59 Å². The fourth-order valence-corrected chi connectivity index (χ4v) is 3.43. The van der Waals surface area contributed by atoms with Gasteiger partial charge in [0.25, 0.3) is 11.1 Å². The lowest BCUT2D eigenvalue weighted by molar-refractivity contribution is -0.122. The van der Waals surface area contributed by atoms with Gasteiger partial charge in [-0.3, -0.25) is 14.5 Å². The van der Waals surface area contributed by atoms with Crippen molar-refractivity contribution in [3.8, 4) is 0 Å². The van der Waals surface area contributed by atoms with Crippen LogP contribution in [0.5, 0.6) is 0 Å². The van der Waals surface area contributed by atoms with E-state index < -0.39 is 0 Å². The number of allylic oxidation sites excluding steroid dienone is 1. The molecule has 1 saturated heterocycles. The fraction of sp³-hybridized carbons (Fsp3) is 0.692. The van der Waals surface area contributed by atoms with Crippen LogP contribution in [0, 0.1) is 11.8 Å². The minimum Gasteiger partial charge on any atom is -0.329 e. The van der Waals surface area contributed by atoms with Gasteiger partial charge >= 0.3 is 0 Å². The lowest BCUT2D eigenvalue weighted by Crippen LogP contribution is -2.33. The second kappa shape index (κ2) is 5.89. The molecule has 1 saturated carbocycles. The highest BCUT2D eigenvalue weighted by atomic mass is 32.2. The maximum absolute atomic E-state index is 12.0. The van der Waals surface area contributed by atoms with Crippen LogP contribution in [0.4, 0.5) is 4.79 Å². The molecule has 0 aromatic heterocycles. The second-order valence-electron chi connectivity index (χ2n) is 5.16. The second-order valence-corrected chi connectivity index (χ2v) is 6.16. The molecule has 0 atom stereocenters. The van der Waals surface area contributed by atoms with E-state index in [1.165, 1.54) is 17.7 Å². The third-order valence-corrected chi connectivity index (χ3v) is 4.60. The van der Waals surface area contributed by atoms with E-state index in [9.17, 15) is 9.59 Å². The molecule has 1 heterocycles. The predicted octanol–water partition coefficient (Wildman–Crippen LogP) is 2.35. The molecule has 2 rings (SSSR count). The van der Waals surface area contributed by atoms with Crippen LogP contribution in [0.3, 0.4) is 0 Å². The molecule has 0 aromatic rings. The summed E-state index contributed by atoms with van der Waals surface area (Å²) in [6.07, 6.45) is 6.70. The average Bonchev–Trinajstić information content (AvgIpc) is 2.60. The normalized spacial score (nSPS) is 31.4. The molecule has 0 radical (unpaired) electrons. The molecule has 1 aliphatic carbocycles. The third-order valence-electron chi connectivity index (χ3n) is 3.67. The van der Waals surface area contributed by atoms with Crippen LogP contribution >= 0.6 is 11.8 Å². The number of amides is 2. The van der Waals surface area contributed by atoms with E-state index in [0.29, 0.717) is 23.9 Å². The predicted molar refractivity (Wildman–Crippen MR) is 73.0 cm³/mol. The summed E-state index contributed by atoms with van der Waals surface area (Å²) >= 11 is 1.06. The van der Waals surface area contributed by atoms with E-state index in [4.69, 9.17) is 5.73 Å². The minimum atomic E-state index is -0.180. The van der Waals surface area contributed by atoms with E-state index in [1.54, 1.807) is 0 Å². The highest BCUT2D eigenvalue weighted by Gasteiger charge is 2.35. The standard InChI is InChI=1S/C13H20N2O2S/c1-9-2-4-10(5-3-9)8-11-12(16)15(7-6-14)13(17)18-11/h8-10H,2-7,14H2,1H3/b11-8-. The summed E-state index contributed by atoms with van der Waals surface area (Å²) in [6, 6.07) is 0. The van der Waals surface area contributed by atoms with Gasteiger partial charge in [-0.1, -0.05) is 25.8 Å². The van der Waals surface area contributed by atoms with Gasteiger partial charge in [-0.15, -0.1) is 0 Å². The molecule has 0 aromatic carbocycles. The summed E-state index contributed by atoms with van der Waals surface area (Å²) < 4.78 is 0. The molecule has 18 heavy (non-hydrogen) atoms. The number of hydrogen-bond donors (Lipinski definition) is 1. The molecule has 0 bridgehead atoms. The maximum Gasteiger partial charge on any atom is 0.293 e. The largest absolute Gasteiger partial charge is 0.329 e. The van der Waals surface area contributed by atoms with Crippen molar-refractivity contribution in [1.29, 1.82) is 0 Å². The Morgan fingerprint density at radius 2 is 2.00 bits per heavy atom. The van der Waals surface area contributed by atoms with Crippen molar-refractivity contribution in [3.63, 3.8) is 0 Å². The Kier molecular flexibility index (Phi) is 4.45.